The molecule has 68 valence electrons. The lowest BCUT2D eigenvalue weighted by Crippen LogP contribution is -2.02. The van der Waals surface area contributed by atoms with Crippen molar-refractivity contribution < 1.29 is 4.52 Å². The molecular weight excluding hydrogens is 168 g/mol. The average molecular weight is 178 g/mol. The van der Waals surface area contributed by atoms with Crippen molar-refractivity contribution in [2.24, 2.45) is 0 Å². The van der Waals surface area contributed by atoms with Gasteiger partial charge in [0.1, 0.15) is 5.82 Å². The van der Waals surface area contributed by atoms with E-state index in [0.717, 1.165) is 5.82 Å². The number of imidazole rings is 1. The number of nitrogens with zero attached hydrogens (tertiary/aromatic N) is 4. The first-order valence-electron chi connectivity index (χ1n) is 4.02. The van der Waals surface area contributed by atoms with Crippen LogP contribution in [0.5, 0.6) is 0 Å². The Morgan fingerprint density at radius 3 is 2.85 bits per heavy atom. The van der Waals surface area contributed by atoms with Crippen molar-refractivity contribution in [3.8, 4) is 0 Å². The van der Waals surface area contributed by atoms with Gasteiger partial charge in [0.25, 0.3) is 0 Å². The average Bonchev–Trinajstić information content (AvgIpc) is 2.64. The van der Waals surface area contributed by atoms with Gasteiger partial charge in [0.2, 0.25) is 5.89 Å². The van der Waals surface area contributed by atoms with Gasteiger partial charge in [0.05, 0.1) is 6.54 Å². The van der Waals surface area contributed by atoms with E-state index in [9.17, 15) is 0 Å². The zero-order valence-electron chi connectivity index (χ0n) is 7.56. The van der Waals surface area contributed by atoms with Gasteiger partial charge in [0, 0.05) is 19.3 Å². The van der Waals surface area contributed by atoms with Crippen LogP contribution in [0, 0.1) is 13.8 Å². The fourth-order valence-corrected chi connectivity index (χ4v) is 1.13. The summed E-state index contributed by atoms with van der Waals surface area (Å²) in [6, 6.07) is 0. The third-order valence-corrected chi connectivity index (χ3v) is 1.81. The predicted molar refractivity (Wildman–Crippen MR) is 45.1 cm³/mol. The van der Waals surface area contributed by atoms with Crippen LogP contribution in [-0.2, 0) is 6.54 Å². The van der Waals surface area contributed by atoms with Crippen molar-refractivity contribution in [1.29, 1.82) is 0 Å². The summed E-state index contributed by atoms with van der Waals surface area (Å²) in [4.78, 5) is 8.20. The third-order valence-electron chi connectivity index (χ3n) is 1.81. The molecule has 2 heterocycles. The Labute approximate surface area is 75.4 Å². The number of aromatic nitrogens is 4. The lowest BCUT2D eigenvalue weighted by atomic mass is 10.5. The summed E-state index contributed by atoms with van der Waals surface area (Å²) in [6.45, 7) is 4.33. The molecule has 2 aromatic heterocycles. The van der Waals surface area contributed by atoms with Gasteiger partial charge in [0.15, 0.2) is 5.82 Å². The summed E-state index contributed by atoms with van der Waals surface area (Å²) in [5.41, 5.74) is 0. The van der Waals surface area contributed by atoms with Crippen LogP contribution in [0.1, 0.15) is 17.5 Å². The van der Waals surface area contributed by atoms with E-state index in [1.165, 1.54) is 0 Å². The lowest BCUT2D eigenvalue weighted by molar-refractivity contribution is 0.386. The van der Waals surface area contributed by atoms with Crippen molar-refractivity contribution in [1.82, 2.24) is 19.7 Å². The zero-order chi connectivity index (χ0) is 9.26. The van der Waals surface area contributed by atoms with Crippen molar-refractivity contribution in [2.75, 3.05) is 0 Å². The maximum absolute atomic E-state index is 4.86. The molecule has 0 fully saturated rings. The maximum Gasteiger partial charge on any atom is 0.223 e. The topological polar surface area (TPSA) is 56.7 Å². The molecule has 0 N–H and O–H groups in total. The summed E-state index contributed by atoms with van der Waals surface area (Å²) in [5.74, 6) is 2.22. The largest absolute Gasteiger partial charge is 0.340 e. The highest BCUT2D eigenvalue weighted by molar-refractivity contribution is 4.94. The second-order valence-electron chi connectivity index (χ2n) is 2.83. The summed E-state index contributed by atoms with van der Waals surface area (Å²) in [7, 11) is 0. The predicted octanol–water partition coefficient (Wildman–Crippen LogP) is 0.931. The van der Waals surface area contributed by atoms with Gasteiger partial charge in [-0.05, 0) is 6.92 Å². The van der Waals surface area contributed by atoms with E-state index in [4.69, 9.17) is 4.52 Å². The minimum atomic E-state index is 0.591. The molecule has 0 atom stereocenters. The molecule has 0 saturated heterocycles. The quantitative estimate of drug-likeness (QED) is 0.686. The SMILES string of the molecule is Cc1nc(Cn2ccnc2C)no1. The summed E-state index contributed by atoms with van der Waals surface area (Å²) >= 11 is 0. The molecule has 0 aromatic carbocycles. The second-order valence-corrected chi connectivity index (χ2v) is 2.83. The number of hydrogen-bond acceptors (Lipinski definition) is 4. The van der Waals surface area contributed by atoms with E-state index >= 15 is 0 Å². The van der Waals surface area contributed by atoms with Crippen molar-refractivity contribution in [2.45, 2.75) is 20.4 Å². The highest BCUT2D eigenvalue weighted by Gasteiger charge is 2.04. The molecule has 2 rings (SSSR count). The van der Waals surface area contributed by atoms with Crippen LogP contribution in [0.4, 0.5) is 0 Å². The molecule has 2 aromatic rings. The first-order valence-corrected chi connectivity index (χ1v) is 4.02. The van der Waals surface area contributed by atoms with E-state index in [0.29, 0.717) is 18.3 Å². The maximum atomic E-state index is 4.86. The molecular formula is C8H10N4O. The first kappa shape index (κ1) is 7.97. The molecule has 0 radical (unpaired) electrons. The molecule has 5 heteroatoms. The van der Waals surface area contributed by atoms with Gasteiger partial charge in [-0.1, -0.05) is 5.16 Å². The molecule has 0 amide bonds. The van der Waals surface area contributed by atoms with Gasteiger partial charge in [-0.3, -0.25) is 0 Å². The monoisotopic (exact) mass is 178 g/mol. The van der Waals surface area contributed by atoms with Crippen LogP contribution < -0.4 is 0 Å². The highest BCUT2D eigenvalue weighted by atomic mass is 16.5. The number of aryl methyl sites for hydroxylation is 2. The highest BCUT2D eigenvalue weighted by Crippen LogP contribution is 2.01. The van der Waals surface area contributed by atoms with Crippen molar-refractivity contribution >= 4 is 0 Å². The van der Waals surface area contributed by atoms with Crippen LogP contribution in [0.2, 0.25) is 0 Å². The van der Waals surface area contributed by atoms with Gasteiger partial charge in [-0.25, -0.2) is 4.98 Å². The minimum absolute atomic E-state index is 0.591. The first-order chi connectivity index (χ1) is 6.25. The smallest absolute Gasteiger partial charge is 0.223 e. The van der Waals surface area contributed by atoms with E-state index in [-0.39, 0.29) is 0 Å². The molecule has 5 nitrogen and oxygen atoms in total. The van der Waals surface area contributed by atoms with Crippen molar-refractivity contribution in [3.63, 3.8) is 0 Å². The minimum Gasteiger partial charge on any atom is -0.340 e. The number of hydrogen-bond donors (Lipinski definition) is 0. The van der Waals surface area contributed by atoms with E-state index in [1.54, 1.807) is 13.1 Å². The Morgan fingerprint density at radius 2 is 2.31 bits per heavy atom. The van der Waals surface area contributed by atoms with Crippen LogP contribution in [0.15, 0.2) is 16.9 Å². The Balaban J connectivity index is 2.19. The van der Waals surface area contributed by atoms with Gasteiger partial charge < -0.3 is 9.09 Å². The number of rotatable bonds is 2. The Bertz CT molecular complexity index is 404. The molecule has 0 saturated carbocycles. The second kappa shape index (κ2) is 3.01. The van der Waals surface area contributed by atoms with Gasteiger partial charge in [-0.2, -0.15) is 4.98 Å². The van der Waals surface area contributed by atoms with Crippen molar-refractivity contribution in [3.05, 3.63) is 29.9 Å². The molecule has 13 heavy (non-hydrogen) atoms. The Kier molecular flexibility index (Phi) is 1.84. The van der Waals surface area contributed by atoms with E-state index in [2.05, 4.69) is 15.1 Å². The van der Waals surface area contributed by atoms with E-state index in [1.807, 2.05) is 17.7 Å². The molecule has 0 spiro atoms. The standard InChI is InChI=1S/C8H10N4O/c1-6-9-3-4-12(6)5-8-10-7(2)13-11-8/h3-4H,5H2,1-2H3. The molecule has 0 aliphatic heterocycles. The lowest BCUT2D eigenvalue weighted by Gasteiger charge is -1.98. The fourth-order valence-electron chi connectivity index (χ4n) is 1.13. The molecule has 0 unspecified atom stereocenters. The zero-order valence-corrected chi connectivity index (χ0v) is 7.56. The molecule has 0 aliphatic carbocycles. The van der Waals surface area contributed by atoms with Crippen LogP contribution >= 0.6 is 0 Å². The van der Waals surface area contributed by atoms with Crippen LogP contribution in [0.25, 0.3) is 0 Å². The van der Waals surface area contributed by atoms with Crippen LogP contribution in [0.3, 0.4) is 0 Å². The Hall–Kier alpha value is -1.65. The molecule has 0 bridgehead atoms. The summed E-state index contributed by atoms with van der Waals surface area (Å²) in [5, 5.41) is 3.80. The summed E-state index contributed by atoms with van der Waals surface area (Å²) < 4.78 is 6.82. The fraction of sp³-hybridized carbons (Fsp3) is 0.375. The summed E-state index contributed by atoms with van der Waals surface area (Å²) in [6.07, 6.45) is 3.64. The molecule has 0 aliphatic rings. The third kappa shape index (κ3) is 1.58. The van der Waals surface area contributed by atoms with Gasteiger partial charge >= 0.3 is 0 Å². The van der Waals surface area contributed by atoms with Gasteiger partial charge in [-0.15, -0.1) is 0 Å². The normalized spacial score (nSPS) is 10.6. The van der Waals surface area contributed by atoms with E-state index < -0.39 is 0 Å². The van der Waals surface area contributed by atoms with Crippen LogP contribution in [-0.4, -0.2) is 19.7 Å². The Morgan fingerprint density at radius 1 is 1.46 bits per heavy atom.